The summed E-state index contributed by atoms with van der Waals surface area (Å²) >= 11 is 5.89. The summed E-state index contributed by atoms with van der Waals surface area (Å²) in [4.78, 5) is -0.0260. The molecule has 0 aliphatic heterocycles. The quantitative estimate of drug-likeness (QED) is 0.903. The van der Waals surface area contributed by atoms with Crippen molar-refractivity contribution in [3.05, 3.63) is 45.9 Å². The van der Waals surface area contributed by atoms with Gasteiger partial charge in [0.1, 0.15) is 16.4 Å². The number of nitrogens with one attached hydrogen (secondary N) is 1. The van der Waals surface area contributed by atoms with Crippen LogP contribution in [-0.4, -0.2) is 13.5 Å². The van der Waals surface area contributed by atoms with Gasteiger partial charge in [-0.1, -0.05) is 17.7 Å². The Hall–Kier alpha value is -1.50. The molecule has 5 nitrogen and oxygen atoms in total. The average molecular weight is 330 g/mol. The van der Waals surface area contributed by atoms with E-state index >= 15 is 0 Å². The van der Waals surface area contributed by atoms with Gasteiger partial charge < -0.3 is 9.52 Å². The highest BCUT2D eigenvalue weighted by Crippen LogP contribution is 2.30. The van der Waals surface area contributed by atoms with Crippen molar-refractivity contribution < 1.29 is 17.9 Å². The molecule has 0 aliphatic rings. The number of benzene rings is 1. The van der Waals surface area contributed by atoms with Crippen LogP contribution in [0.2, 0.25) is 5.02 Å². The third-order valence-corrected chi connectivity index (χ3v) is 4.99. The van der Waals surface area contributed by atoms with Gasteiger partial charge in [0, 0.05) is 10.6 Å². The molecule has 0 amide bonds. The van der Waals surface area contributed by atoms with E-state index in [0.29, 0.717) is 16.5 Å². The van der Waals surface area contributed by atoms with Crippen molar-refractivity contribution in [3.63, 3.8) is 0 Å². The van der Waals surface area contributed by atoms with Crippen LogP contribution in [0.3, 0.4) is 0 Å². The van der Waals surface area contributed by atoms with E-state index in [9.17, 15) is 13.5 Å². The molecular formula is C14H16ClNO4S. The van der Waals surface area contributed by atoms with Crippen LogP contribution in [-0.2, 0) is 16.6 Å². The lowest BCUT2D eigenvalue weighted by Gasteiger charge is -2.11. The number of hydrogen-bond acceptors (Lipinski definition) is 4. The molecule has 2 N–H and O–H groups in total. The fraction of sp³-hybridized carbons (Fsp3) is 0.286. The van der Waals surface area contributed by atoms with Gasteiger partial charge in [-0.25, -0.2) is 8.42 Å². The minimum Gasteiger partial charge on any atom is -0.465 e. The van der Waals surface area contributed by atoms with E-state index in [0.717, 1.165) is 5.56 Å². The maximum absolute atomic E-state index is 12.6. The van der Waals surface area contributed by atoms with Crippen molar-refractivity contribution in [3.8, 4) is 0 Å². The normalized spacial score (nSPS) is 11.7. The molecule has 0 atom stereocenters. The second kappa shape index (κ2) is 5.71. The summed E-state index contributed by atoms with van der Waals surface area (Å²) in [6.07, 6.45) is 0. The zero-order valence-electron chi connectivity index (χ0n) is 11.9. The number of anilines is 1. The predicted molar refractivity (Wildman–Crippen MR) is 81.1 cm³/mol. The molecule has 7 heteroatoms. The first-order valence-electron chi connectivity index (χ1n) is 6.25. The van der Waals surface area contributed by atoms with E-state index in [4.69, 9.17) is 16.0 Å². The predicted octanol–water partition coefficient (Wildman–Crippen LogP) is 3.15. The Bertz CT molecular complexity index is 781. The summed E-state index contributed by atoms with van der Waals surface area (Å²) in [5.41, 5.74) is 1.40. The first-order valence-corrected chi connectivity index (χ1v) is 8.11. The summed E-state index contributed by atoms with van der Waals surface area (Å²) in [5.74, 6) is 0.627. The van der Waals surface area contributed by atoms with Crippen molar-refractivity contribution in [2.45, 2.75) is 32.3 Å². The van der Waals surface area contributed by atoms with Crippen molar-refractivity contribution in [1.29, 1.82) is 0 Å². The molecule has 0 saturated carbocycles. The minimum atomic E-state index is -3.87. The summed E-state index contributed by atoms with van der Waals surface area (Å²) in [7, 11) is -3.87. The Morgan fingerprint density at radius 1 is 1.24 bits per heavy atom. The number of halogens is 1. The summed E-state index contributed by atoms with van der Waals surface area (Å²) in [6, 6.07) is 4.94. The molecule has 1 heterocycles. The van der Waals surface area contributed by atoms with Gasteiger partial charge in [-0.2, -0.15) is 0 Å². The van der Waals surface area contributed by atoms with Gasteiger partial charge in [0.2, 0.25) is 0 Å². The molecule has 1 aromatic carbocycles. The zero-order valence-corrected chi connectivity index (χ0v) is 13.5. The van der Waals surface area contributed by atoms with Crippen LogP contribution in [0, 0.1) is 20.8 Å². The fourth-order valence-electron chi connectivity index (χ4n) is 2.14. The lowest BCUT2D eigenvalue weighted by Crippen LogP contribution is -2.16. The summed E-state index contributed by atoms with van der Waals surface area (Å²) in [5, 5.41) is 9.80. The molecule has 114 valence electrons. The molecule has 2 rings (SSSR count). The molecule has 0 bridgehead atoms. The number of rotatable bonds is 4. The smallest absolute Gasteiger partial charge is 0.265 e. The molecule has 0 unspecified atom stereocenters. The molecule has 0 spiro atoms. The van der Waals surface area contributed by atoms with E-state index in [1.54, 1.807) is 32.9 Å². The molecule has 0 fully saturated rings. The average Bonchev–Trinajstić information content (AvgIpc) is 2.68. The maximum Gasteiger partial charge on any atom is 0.265 e. The molecule has 21 heavy (non-hydrogen) atoms. The summed E-state index contributed by atoms with van der Waals surface area (Å²) in [6.45, 7) is 4.52. The molecular weight excluding hydrogens is 314 g/mol. The van der Waals surface area contributed by atoms with E-state index in [1.807, 2.05) is 0 Å². The largest absolute Gasteiger partial charge is 0.465 e. The Morgan fingerprint density at radius 2 is 1.90 bits per heavy atom. The molecule has 0 saturated heterocycles. The second-order valence-corrected chi connectivity index (χ2v) is 6.80. The first kappa shape index (κ1) is 15.9. The van der Waals surface area contributed by atoms with Gasteiger partial charge in [-0.05, 0) is 38.5 Å². The fourth-order valence-corrected chi connectivity index (χ4v) is 3.88. The molecule has 0 radical (unpaired) electrons. The minimum absolute atomic E-state index is 0.0260. The van der Waals surface area contributed by atoms with E-state index in [1.165, 1.54) is 6.07 Å². The molecule has 0 aliphatic carbocycles. The van der Waals surface area contributed by atoms with Crippen LogP contribution in [0.5, 0.6) is 0 Å². The van der Waals surface area contributed by atoms with Crippen LogP contribution in [0.4, 0.5) is 5.69 Å². The van der Waals surface area contributed by atoms with Crippen LogP contribution >= 0.6 is 11.6 Å². The van der Waals surface area contributed by atoms with Crippen LogP contribution in [0.15, 0.2) is 27.5 Å². The van der Waals surface area contributed by atoms with Crippen LogP contribution < -0.4 is 4.72 Å². The number of hydrogen-bond donors (Lipinski definition) is 2. The van der Waals surface area contributed by atoms with Crippen LogP contribution in [0.25, 0.3) is 0 Å². The highest BCUT2D eigenvalue weighted by molar-refractivity contribution is 7.92. The number of aliphatic hydroxyl groups is 1. The topological polar surface area (TPSA) is 79.5 Å². The van der Waals surface area contributed by atoms with Gasteiger partial charge in [-0.3, -0.25) is 4.72 Å². The molecule has 1 aromatic heterocycles. The van der Waals surface area contributed by atoms with Gasteiger partial charge >= 0.3 is 0 Å². The van der Waals surface area contributed by atoms with E-state index in [-0.39, 0.29) is 16.2 Å². The number of furan rings is 1. The zero-order chi connectivity index (χ0) is 15.8. The van der Waals surface area contributed by atoms with Crippen LogP contribution in [0.1, 0.15) is 22.6 Å². The second-order valence-electron chi connectivity index (χ2n) is 4.74. The lowest BCUT2D eigenvalue weighted by atomic mass is 10.2. The Balaban J connectivity index is 2.51. The number of sulfonamides is 1. The van der Waals surface area contributed by atoms with Crippen molar-refractivity contribution in [2.24, 2.45) is 0 Å². The van der Waals surface area contributed by atoms with E-state index < -0.39 is 16.6 Å². The van der Waals surface area contributed by atoms with E-state index in [2.05, 4.69) is 4.72 Å². The summed E-state index contributed by atoms with van der Waals surface area (Å²) < 4.78 is 32.9. The Kier molecular flexibility index (Phi) is 4.32. The third kappa shape index (κ3) is 3.07. The first-order chi connectivity index (χ1) is 9.76. The molecule has 2 aromatic rings. The monoisotopic (exact) mass is 329 g/mol. The van der Waals surface area contributed by atoms with Gasteiger partial charge in [0.15, 0.2) is 0 Å². The van der Waals surface area contributed by atoms with Crippen molar-refractivity contribution in [1.82, 2.24) is 0 Å². The Morgan fingerprint density at radius 3 is 2.52 bits per heavy atom. The number of aryl methyl sites for hydroxylation is 3. The standard InChI is InChI=1S/C14H16ClNO4S/c1-8-4-5-11(15)6-13(8)16-21(18,19)14-10(3)20-9(2)12(14)7-17/h4-6,16-17H,7H2,1-3H3. The lowest BCUT2D eigenvalue weighted by molar-refractivity contribution is 0.276. The third-order valence-electron chi connectivity index (χ3n) is 3.20. The van der Waals surface area contributed by atoms with Gasteiger partial charge in [0.25, 0.3) is 10.0 Å². The Labute approximate surface area is 128 Å². The maximum atomic E-state index is 12.6. The van der Waals surface area contributed by atoms with Crippen molar-refractivity contribution >= 4 is 27.3 Å². The van der Waals surface area contributed by atoms with Gasteiger partial charge in [0.05, 0.1) is 12.3 Å². The highest BCUT2D eigenvalue weighted by Gasteiger charge is 2.27. The van der Waals surface area contributed by atoms with Gasteiger partial charge in [-0.15, -0.1) is 0 Å². The number of aliphatic hydroxyl groups excluding tert-OH is 1. The van der Waals surface area contributed by atoms with Crippen molar-refractivity contribution in [2.75, 3.05) is 4.72 Å². The SMILES string of the molecule is Cc1ccc(Cl)cc1NS(=O)(=O)c1c(C)oc(C)c1CO. The highest BCUT2D eigenvalue weighted by atomic mass is 35.5.